The summed E-state index contributed by atoms with van der Waals surface area (Å²) in [6.07, 6.45) is 1.61. The van der Waals surface area contributed by atoms with Crippen molar-refractivity contribution in [3.63, 3.8) is 0 Å². The summed E-state index contributed by atoms with van der Waals surface area (Å²) in [4.78, 5) is 13.1. The molecule has 0 aliphatic carbocycles. The zero-order valence-corrected chi connectivity index (χ0v) is 11.6. The van der Waals surface area contributed by atoms with Gasteiger partial charge in [0.1, 0.15) is 17.6 Å². The second-order valence-corrected chi connectivity index (χ2v) is 5.10. The quantitative estimate of drug-likeness (QED) is 0.915. The normalized spacial score (nSPS) is 18.8. The third-order valence-corrected chi connectivity index (χ3v) is 3.61. The Morgan fingerprint density at radius 2 is 2.10 bits per heavy atom. The van der Waals surface area contributed by atoms with Crippen LogP contribution in [0.3, 0.4) is 0 Å². The van der Waals surface area contributed by atoms with E-state index >= 15 is 0 Å². The lowest BCUT2D eigenvalue weighted by molar-refractivity contribution is -0.142. The van der Waals surface area contributed by atoms with Crippen LogP contribution in [-0.2, 0) is 11.3 Å². The molecular formula is C16H17NO4. The van der Waals surface area contributed by atoms with Crippen molar-refractivity contribution in [3.8, 4) is 11.7 Å². The largest absolute Gasteiger partial charge is 0.480 e. The predicted molar refractivity (Wildman–Crippen MR) is 76.3 cm³/mol. The number of para-hydroxylation sites is 1. The molecule has 0 radical (unpaired) electrons. The Bertz CT molecular complexity index is 608. The van der Waals surface area contributed by atoms with Crippen molar-refractivity contribution >= 4 is 5.97 Å². The number of aliphatic carboxylic acids is 1. The maximum Gasteiger partial charge on any atom is 0.320 e. The zero-order valence-electron chi connectivity index (χ0n) is 11.6. The van der Waals surface area contributed by atoms with E-state index in [9.17, 15) is 4.79 Å². The number of nitrogens with zero attached hydrogens (tertiary/aromatic N) is 1. The van der Waals surface area contributed by atoms with Gasteiger partial charge in [-0.05, 0) is 37.6 Å². The summed E-state index contributed by atoms with van der Waals surface area (Å²) in [7, 11) is 0. The second-order valence-electron chi connectivity index (χ2n) is 5.10. The molecule has 1 atom stereocenters. The number of ether oxygens (including phenoxy) is 1. The van der Waals surface area contributed by atoms with Crippen molar-refractivity contribution in [2.24, 2.45) is 0 Å². The van der Waals surface area contributed by atoms with E-state index in [1.54, 1.807) is 6.07 Å². The van der Waals surface area contributed by atoms with Crippen LogP contribution >= 0.6 is 0 Å². The first-order valence-corrected chi connectivity index (χ1v) is 7.01. The van der Waals surface area contributed by atoms with Gasteiger partial charge in [0.2, 0.25) is 0 Å². The molecule has 3 rings (SSSR count). The highest BCUT2D eigenvalue weighted by Gasteiger charge is 2.30. The Morgan fingerprint density at radius 3 is 2.86 bits per heavy atom. The summed E-state index contributed by atoms with van der Waals surface area (Å²) in [6, 6.07) is 12.6. The fourth-order valence-corrected chi connectivity index (χ4v) is 2.60. The lowest BCUT2D eigenvalue weighted by Gasteiger charge is -2.19. The number of furan rings is 1. The third-order valence-electron chi connectivity index (χ3n) is 3.61. The van der Waals surface area contributed by atoms with E-state index in [2.05, 4.69) is 0 Å². The smallest absolute Gasteiger partial charge is 0.320 e. The maximum absolute atomic E-state index is 11.2. The number of likely N-dealkylation sites (tertiary alicyclic amines) is 1. The van der Waals surface area contributed by atoms with E-state index in [1.165, 1.54) is 0 Å². The van der Waals surface area contributed by atoms with Crippen LogP contribution in [-0.4, -0.2) is 28.6 Å². The lowest BCUT2D eigenvalue weighted by atomic mass is 10.2. The van der Waals surface area contributed by atoms with Gasteiger partial charge in [-0.2, -0.15) is 0 Å². The Morgan fingerprint density at radius 1 is 1.29 bits per heavy atom. The van der Waals surface area contributed by atoms with E-state index < -0.39 is 12.0 Å². The highest BCUT2D eigenvalue weighted by Crippen LogP contribution is 2.26. The number of benzene rings is 1. The second kappa shape index (κ2) is 6.01. The average molecular weight is 287 g/mol. The van der Waals surface area contributed by atoms with Gasteiger partial charge in [0.05, 0.1) is 6.54 Å². The molecule has 1 aliphatic heterocycles. The predicted octanol–water partition coefficient (Wildman–Crippen LogP) is 3.12. The number of carbonyl (C=O) groups is 1. The fourth-order valence-electron chi connectivity index (χ4n) is 2.60. The fraction of sp³-hybridized carbons (Fsp3) is 0.312. The van der Waals surface area contributed by atoms with Crippen molar-refractivity contribution in [3.05, 3.63) is 48.2 Å². The molecule has 1 N–H and O–H groups in total. The number of carboxylic acids is 1. The molecule has 0 saturated carbocycles. The Labute approximate surface area is 122 Å². The minimum Gasteiger partial charge on any atom is -0.480 e. The van der Waals surface area contributed by atoms with Crippen LogP contribution in [0.4, 0.5) is 0 Å². The number of hydrogen-bond acceptors (Lipinski definition) is 4. The van der Waals surface area contributed by atoms with Gasteiger partial charge in [-0.3, -0.25) is 9.69 Å². The molecule has 1 saturated heterocycles. The zero-order chi connectivity index (χ0) is 14.7. The highest BCUT2D eigenvalue weighted by atomic mass is 16.6. The minimum absolute atomic E-state index is 0.409. The molecule has 0 bridgehead atoms. The van der Waals surface area contributed by atoms with E-state index in [0.717, 1.165) is 13.0 Å². The van der Waals surface area contributed by atoms with Gasteiger partial charge in [0, 0.05) is 6.07 Å². The van der Waals surface area contributed by atoms with E-state index in [1.807, 2.05) is 41.3 Å². The first-order chi connectivity index (χ1) is 10.2. The Hall–Kier alpha value is -2.27. The summed E-state index contributed by atoms with van der Waals surface area (Å²) in [5.74, 6) is 1.08. The van der Waals surface area contributed by atoms with Crippen molar-refractivity contribution in [2.75, 3.05) is 6.54 Å². The molecule has 1 fully saturated rings. The SMILES string of the molecule is O=C(O)C1CCCN1Cc1ccc(Oc2ccccc2)o1. The molecule has 21 heavy (non-hydrogen) atoms. The number of hydrogen-bond donors (Lipinski definition) is 1. The molecule has 110 valence electrons. The van der Waals surface area contributed by atoms with Crippen molar-refractivity contribution < 1.29 is 19.1 Å². The van der Waals surface area contributed by atoms with Gasteiger partial charge in [-0.15, -0.1) is 0 Å². The molecule has 2 aromatic rings. The number of carboxylic acid groups (broad SMARTS) is 1. The molecular weight excluding hydrogens is 270 g/mol. The third kappa shape index (κ3) is 3.25. The number of rotatable bonds is 5. The van der Waals surface area contributed by atoms with Crippen molar-refractivity contribution in [2.45, 2.75) is 25.4 Å². The summed E-state index contributed by atoms with van der Waals surface area (Å²) >= 11 is 0. The first kappa shape index (κ1) is 13.7. The molecule has 1 unspecified atom stereocenters. The van der Waals surface area contributed by atoms with Crippen molar-refractivity contribution in [1.82, 2.24) is 4.90 Å². The van der Waals surface area contributed by atoms with Gasteiger partial charge in [0.25, 0.3) is 5.95 Å². The summed E-state index contributed by atoms with van der Waals surface area (Å²) < 4.78 is 11.2. The standard InChI is InChI=1S/C16H17NO4/c18-16(19)14-7-4-10-17(14)11-13-8-9-15(21-13)20-12-5-2-1-3-6-12/h1-3,5-6,8-9,14H,4,7,10-11H2,(H,18,19). The molecule has 1 aromatic carbocycles. The maximum atomic E-state index is 11.2. The van der Waals surface area contributed by atoms with Gasteiger partial charge in [-0.1, -0.05) is 18.2 Å². The minimum atomic E-state index is -0.764. The summed E-state index contributed by atoms with van der Waals surface area (Å²) in [5, 5.41) is 9.16. The molecule has 2 heterocycles. The topological polar surface area (TPSA) is 62.9 Å². The average Bonchev–Trinajstić information content (AvgIpc) is 3.10. The van der Waals surface area contributed by atoms with Crippen LogP contribution in [0.1, 0.15) is 18.6 Å². The van der Waals surface area contributed by atoms with E-state index in [4.69, 9.17) is 14.3 Å². The van der Waals surface area contributed by atoms with Gasteiger partial charge in [-0.25, -0.2) is 0 Å². The van der Waals surface area contributed by atoms with Crippen molar-refractivity contribution in [1.29, 1.82) is 0 Å². The molecule has 1 aromatic heterocycles. The summed E-state index contributed by atoms with van der Waals surface area (Å²) in [5.41, 5.74) is 0. The Kier molecular flexibility index (Phi) is 3.92. The van der Waals surface area contributed by atoms with Crippen LogP contribution in [0.25, 0.3) is 0 Å². The molecule has 0 spiro atoms. The molecule has 1 aliphatic rings. The van der Waals surface area contributed by atoms with Crippen LogP contribution in [0.2, 0.25) is 0 Å². The first-order valence-electron chi connectivity index (χ1n) is 7.01. The van der Waals surface area contributed by atoms with E-state index in [0.29, 0.717) is 30.4 Å². The van der Waals surface area contributed by atoms with Crippen LogP contribution < -0.4 is 4.74 Å². The van der Waals surface area contributed by atoms with Crippen LogP contribution in [0.5, 0.6) is 11.7 Å². The lowest BCUT2D eigenvalue weighted by Crippen LogP contribution is -2.35. The van der Waals surface area contributed by atoms with Crippen LogP contribution in [0.15, 0.2) is 46.9 Å². The molecule has 5 nitrogen and oxygen atoms in total. The Balaban J connectivity index is 1.64. The van der Waals surface area contributed by atoms with Crippen LogP contribution in [0, 0.1) is 0 Å². The molecule has 5 heteroatoms. The van der Waals surface area contributed by atoms with Gasteiger partial charge in [0.15, 0.2) is 0 Å². The van der Waals surface area contributed by atoms with E-state index in [-0.39, 0.29) is 0 Å². The monoisotopic (exact) mass is 287 g/mol. The highest BCUT2D eigenvalue weighted by molar-refractivity contribution is 5.73. The van der Waals surface area contributed by atoms with Gasteiger partial charge < -0.3 is 14.3 Å². The summed E-state index contributed by atoms with van der Waals surface area (Å²) in [6.45, 7) is 1.28. The molecule has 0 amide bonds. The van der Waals surface area contributed by atoms with Gasteiger partial charge >= 0.3 is 5.97 Å².